The average molecular weight is 259 g/mol. The van der Waals surface area contributed by atoms with Crippen molar-refractivity contribution in [3.05, 3.63) is 41.0 Å². The third-order valence-electron chi connectivity index (χ3n) is 4.00. The van der Waals surface area contributed by atoms with E-state index in [-0.39, 0.29) is 10.7 Å². The molecule has 0 saturated heterocycles. The number of amides is 1. The van der Waals surface area contributed by atoms with Gasteiger partial charge in [-0.2, -0.15) is 11.8 Å². The third-order valence-corrected chi connectivity index (χ3v) is 5.43. The van der Waals surface area contributed by atoms with Crippen molar-refractivity contribution in [2.45, 2.75) is 30.9 Å². The van der Waals surface area contributed by atoms with Crippen molar-refractivity contribution in [3.63, 3.8) is 0 Å². The van der Waals surface area contributed by atoms with Crippen LogP contribution in [0.3, 0.4) is 0 Å². The fraction of sp³-hybridized carbons (Fsp3) is 0.400. The maximum absolute atomic E-state index is 11.3. The molecule has 1 aliphatic carbocycles. The van der Waals surface area contributed by atoms with Crippen LogP contribution in [-0.4, -0.2) is 16.4 Å². The number of carbonyl (C=O) groups is 1. The topological polar surface area (TPSA) is 43.1 Å². The van der Waals surface area contributed by atoms with Gasteiger partial charge in [0.2, 0.25) is 5.91 Å². The van der Waals surface area contributed by atoms with E-state index in [4.69, 9.17) is 5.73 Å². The molecule has 0 bridgehead atoms. The van der Waals surface area contributed by atoms with Gasteiger partial charge < -0.3 is 5.73 Å². The molecule has 2 N–H and O–H groups in total. The minimum Gasteiger partial charge on any atom is -0.370 e. The van der Waals surface area contributed by atoms with Crippen LogP contribution in [0.5, 0.6) is 0 Å². The number of benzene rings is 1. The molecule has 2 nitrogen and oxygen atoms in total. The highest BCUT2D eigenvalue weighted by molar-refractivity contribution is 8.00. The summed E-state index contributed by atoms with van der Waals surface area (Å²) < 4.78 is -0.0988. The molecule has 0 radical (unpaired) electrons. The van der Waals surface area contributed by atoms with E-state index in [1.807, 2.05) is 11.8 Å². The maximum Gasteiger partial charge on any atom is 0.219 e. The second-order valence-electron chi connectivity index (χ2n) is 5.26. The Labute approximate surface area is 112 Å². The minimum atomic E-state index is -0.199. The van der Waals surface area contributed by atoms with E-state index in [2.05, 4.69) is 31.2 Å². The minimum absolute atomic E-state index is 0.0988. The van der Waals surface area contributed by atoms with Gasteiger partial charge in [-0.15, -0.1) is 0 Å². The fourth-order valence-corrected chi connectivity index (χ4v) is 4.55. The number of fused-ring (bicyclic) bond motifs is 2. The Kier molecular flexibility index (Phi) is 2.74. The number of nitrogens with two attached hydrogens (primary N) is 1. The molecule has 3 rings (SSSR count). The van der Waals surface area contributed by atoms with E-state index in [9.17, 15) is 4.79 Å². The van der Waals surface area contributed by atoms with Crippen molar-refractivity contribution in [1.82, 2.24) is 0 Å². The molecular formula is C15H17NOS. The number of primary amides is 1. The number of rotatable bonds is 2. The predicted molar refractivity (Wildman–Crippen MR) is 76.4 cm³/mol. The molecule has 0 saturated carbocycles. The van der Waals surface area contributed by atoms with E-state index in [0.717, 1.165) is 18.6 Å². The lowest BCUT2D eigenvalue weighted by Crippen LogP contribution is -2.33. The first-order chi connectivity index (χ1) is 8.60. The van der Waals surface area contributed by atoms with Crippen LogP contribution in [0.25, 0.3) is 5.57 Å². The Hall–Kier alpha value is -1.22. The molecule has 1 heterocycles. The Morgan fingerprint density at radius 1 is 1.44 bits per heavy atom. The molecule has 1 aromatic rings. The molecule has 1 aromatic carbocycles. The first-order valence-electron chi connectivity index (χ1n) is 6.33. The zero-order valence-corrected chi connectivity index (χ0v) is 11.3. The van der Waals surface area contributed by atoms with Crippen LogP contribution < -0.4 is 5.73 Å². The first kappa shape index (κ1) is 11.8. The van der Waals surface area contributed by atoms with Gasteiger partial charge >= 0.3 is 0 Å². The number of carbonyl (C=O) groups excluding carboxylic acids is 1. The maximum atomic E-state index is 11.3. The quantitative estimate of drug-likeness (QED) is 0.887. The highest BCUT2D eigenvalue weighted by Gasteiger charge is 2.39. The molecule has 1 unspecified atom stereocenters. The summed E-state index contributed by atoms with van der Waals surface area (Å²) >= 11 is 1.88. The molecule has 2 aliphatic rings. The second kappa shape index (κ2) is 4.16. The summed E-state index contributed by atoms with van der Waals surface area (Å²) in [5, 5.41) is 0. The van der Waals surface area contributed by atoms with Crippen molar-refractivity contribution in [3.8, 4) is 0 Å². The zero-order valence-electron chi connectivity index (χ0n) is 10.5. The highest BCUT2D eigenvalue weighted by Crippen LogP contribution is 2.51. The second-order valence-corrected chi connectivity index (χ2v) is 6.86. The van der Waals surface area contributed by atoms with Crippen molar-refractivity contribution in [2.75, 3.05) is 5.75 Å². The lowest BCUT2D eigenvalue weighted by molar-refractivity contribution is -0.118. The fourth-order valence-electron chi connectivity index (χ4n) is 3.18. The van der Waals surface area contributed by atoms with Gasteiger partial charge in [-0.3, -0.25) is 4.79 Å². The van der Waals surface area contributed by atoms with Gasteiger partial charge in [0.1, 0.15) is 0 Å². The molecule has 1 amide bonds. The van der Waals surface area contributed by atoms with Gasteiger partial charge in [0, 0.05) is 11.2 Å². The SMILES string of the molecule is CC1(CC(N)=O)SCCC2=C1Cc1ccccc12. The third kappa shape index (κ3) is 1.77. The summed E-state index contributed by atoms with van der Waals surface area (Å²) in [6, 6.07) is 8.60. The van der Waals surface area contributed by atoms with Crippen LogP contribution in [0.15, 0.2) is 29.8 Å². The van der Waals surface area contributed by atoms with Crippen LogP contribution in [-0.2, 0) is 11.2 Å². The molecule has 1 atom stereocenters. The van der Waals surface area contributed by atoms with Gasteiger partial charge in [0.15, 0.2) is 0 Å². The molecule has 0 aromatic heterocycles. The van der Waals surface area contributed by atoms with Crippen molar-refractivity contribution < 1.29 is 4.79 Å². The summed E-state index contributed by atoms with van der Waals surface area (Å²) in [6.45, 7) is 2.17. The number of hydrogen-bond donors (Lipinski definition) is 1. The Balaban J connectivity index is 2.04. The summed E-state index contributed by atoms with van der Waals surface area (Å²) in [7, 11) is 0. The van der Waals surface area contributed by atoms with Crippen molar-refractivity contribution in [2.24, 2.45) is 5.73 Å². The van der Waals surface area contributed by atoms with E-state index < -0.39 is 0 Å². The molecule has 18 heavy (non-hydrogen) atoms. The molecule has 94 valence electrons. The van der Waals surface area contributed by atoms with Crippen LogP contribution in [0.4, 0.5) is 0 Å². The standard InChI is InChI=1S/C15H17NOS/c1-15(9-14(16)17)13-8-10-4-2-3-5-11(10)12(13)6-7-18-15/h2-5H,6-9H2,1H3,(H2,16,17). The molecule has 0 spiro atoms. The number of thioether (sulfide) groups is 1. The highest BCUT2D eigenvalue weighted by atomic mass is 32.2. The molecule has 3 heteroatoms. The number of allylic oxidation sites excluding steroid dienone is 1. The van der Waals surface area contributed by atoms with E-state index in [1.54, 1.807) is 0 Å². The molecule has 1 aliphatic heterocycles. The van der Waals surface area contributed by atoms with E-state index in [1.165, 1.54) is 22.3 Å². The van der Waals surface area contributed by atoms with Crippen molar-refractivity contribution >= 4 is 23.2 Å². The summed E-state index contributed by atoms with van der Waals surface area (Å²) in [5.74, 6) is 0.881. The van der Waals surface area contributed by atoms with Crippen LogP contribution in [0.1, 0.15) is 30.9 Å². The van der Waals surface area contributed by atoms with Gasteiger partial charge in [0.25, 0.3) is 0 Å². The molecule has 0 fully saturated rings. The van der Waals surface area contributed by atoms with Gasteiger partial charge in [-0.05, 0) is 47.8 Å². The van der Waals surface area contributed by atoms with Gasteiger partial charge in [0.05, 0.1) is 0 Å². The molecular weight excluding hydrogens is 242 g/mol. The van der Waals surface area contributed by atoms with E-state index >= 15 is 0 Å². The zero-order chi connectivity index (χ0) is 12.8. The van der Waals surface area contributed by atoms with Crippen LogP contribution in [0, 0.1) is 0 Å². The summed E-state index contributed by atoms with van der Waals surface area (Å²) in [5.41, 5.74) is 11.1. The lowest BCUT2D eigenvalue weighted by Gasteiger charge is -2.34. The Morgan fingerprint density at radius 3 is 3.00 bits per heavy atom. The summed E-state index contributed by atoms with van der Waals surface area (Å²) in [6.07, 6.45) is 2.55. The van der Waals surface area contributed by atoms with Crippen LogP contribution >= 0.6 is 11.8 Å². The monoisotopic (exact) mass is 259 g/mol. The van der Waals surface area contributed by atoms with Crippen molar-refractivity contribution in [1.29, 1.82) is 0 Å². The lowest BCUT2D eigenvalue weighted by atomic mass is 9.90. The van der Waals surface area contributed by atoms with Crippen LogP contribution in [0.2, 0.25) is 0 Å². The smallest absolute Gasteiger partial charge is 0.219 e. The van der Waals surface area contributed by atoms with Gasteiger partial charge in [-0.1, -0.05) is 24.3 Å². The van der Waals surface area contributed by atoms with E-state index in [0.29, 0.717) is 6.42 Å². The normalized spacial score (nSPS) is 25.8. The largest absolute Gasteiger partial charge is 0.370 e. The summed E-state index contributed by atoms with van der Waals surface area (Å²) in [4.78, 5) is 11.3. The first-order valence-corrected chi connectivity index (χ1v) is 7.32. The predicted octanol–water partition coefficient (Wildman–Crippen LogP) is 2.77. The average Bonchev–Trinajstić information content (AvgIpc) is 2.69. The Morgan fingerprint density at radius 2 is 2.22 bits per heavy atom. The Bertz CT molecular complexity index is 549. The van der Waals surface area contributed by atoms with Gasteiger partial charge in [-0.25, -0.2) is 0 Å². The number of hydrogen-bond acceptors (Lipinski definition) is 2.